The molecule has 2 heterocycles. The van der Waals surface area contributed by atoms with E-state index in [0.717, 1.165) is 5.92 Å². The minimum absolute atomic E-state index is 0.198. The van der Waals surface area contributed by atoms with Crippen molar-refractivity contribution in [2.45, 2.75) is 25.8 Å². The number of imidazole rings is 1. The largest absolute Gasteiger partial charge is 0.341 e. The third-order valence-corrected chi connectivity index (χ3v) is 3.72. The fourth-order valence-electron chi connectivity index (χ4n) is 2.06. The maximum atomic E-state index is 5.99. The standard InChI is InChI=1S/C12H15ClN6/c1-8(9-3-4-9)18(2)11-15-10(13)16-12(17-11)19-6-5-14-7-19/h5-9H,3-4H2,1-2H3. The average molecular weight is 279 g/mol. The fraction of sp³-hybridized carbons (Fsp3) is 0.500. The van der Waals surface area contributed by atoms with Gasteiger partial charge in [0.1, 0.15) is 6.33 Å². The maximum absolute atomic E-state index is 5.99. The van der Waals surface area contributed by atoms with E-state index in [9.17, 15) is 0 Å². The Kier molecular flexibility index (Phi) is 3.10. The topological polar surface area (TPSA) is 59.7 Å². The lowest BCUT2D eigenvalue weighted by Crippen LogP contribution is -2.32. The predicted octanol–water partition coefficient (Wildman–Crippen LogP) is 1.95. The zero-order valence-corrected chi connectivity index (χ0v) is 11.6. The first-order valence-corrected chi connectivity index (χ1v) is 6.65. The lowest BCUT2D eigenvalue weighted by Gasteiger charge is -2.24. The normalized spacial score (nSPS) is 16.4. The van der Waals surface area contributed by atoms with Crippen LogP contribution in [0.5, 0.6) is 0 Å². The molecule has 2 aromatic rings. The molecule has 0 aliphatic heterocycles. The van der Waals surface area contributed by atoms with Crippen molar-refractivity contribution in [2.24, 2.45) is 5.92 Å². The van der Waals surface area contributed by atoms with Crippen LogP contribution in [0, 0.1) is 5.92 Å². The molecule has 0 saturated heterocycles. The first kappa shape index (κ1) is 12.3. The van der Waals surface area contributed by atoms with Gasteiger partial charge in [0.15, 0.2) is 0 Å². The number of aromatic nitrogens is 5. The number of hydrogen-bond donors (Lipinski definition) is 0. The Morgan fingerprint density at radius 3 is 2.79 bits per heavy atom. The highest BCUT2D eigenvalue weighted by Gasteiger charge is 2.31. The Morgan fingerprint density at radius 2 is 2.16 bits per heavy atom. The molecule has 100 valence electrons. The highest BCUT2D eigenvalue weighted by atomic mass is 35.5. The summed E-state index contributed by atoms with van der Waals surface area (Å²) in [5.74, 6) is 1.82. The lowest BCUT2D eigenvalue weighted by molar-refractivity contribution is 0.595. The number of anilines is 1. The van der Waals surface area contributed by atoms with Gasteiger partial charge in [0.25, 0.3) is 0 Å². The van der Waals surface area contributed by atoms with Crippen LogP contribution in [0.4, 0.5) is 5.95 Å². The van der Waals surface area contributed by atoms with E-state index < -0.39 is 0 Å². The van der Waals surface area contributed by atoms with Gasteiger partial charge in [-0.1, -0.05) is 0 Å². The number of hydrogen-bond acceptors (Lipinski definition) is 5. The Labute approximate surface area is 116 Å². The van der Waals surface area contributed by atoms with Gasteiger partial charge in [0.05, 0.1) is 0 Å². The molecule has 1 saturated carbocycles. The van der Waals surface area contributed by atoms with E-state index in [1.807, 2.05) is 7.05 Å². The van der Waals surface area contributed by atoms with E-state index in [4.69, 9.17) is 11.6 Å². The van der Waals surface area contributed by atoms with Crippen LogP contribution >= 0.6 is 11.6 Å². The van der Waals surface area contributed by atoms with Gasteiger partial charge < -0.3 is 4.90 Å². The highest BCUT2D eigenvalue weighted by molar-refractivity contribution is 6.28. The molecule has 1 fully saturated rings. The summed E-state index contributed by atoms with van der Waals surface area (Å²) in [7, 11) is 1.99. The number of rotatable bonds is 4. The second-order valence-corrected chi connectivity index (χ2v) is 5.20. The van der Waals surface area contributed by atoms with Crippen LogP contribution in [0.15, 0.2) is 18.7 Å². The molecule has 0 bridgehead atoms. The van der Waals surface area contributed by atoms with Crippen molar-refractivity contribution in [1.82, 2.24) is 24.5 Å². The van der Waals surface area contributed by atoms with E-state index in [0.29, 0.717) is 17.9 Å². The van der Waals surface area contributed by atoms with Crippen LogP contribution in [0.3, 0.4) is 0 Å². The maximum Gasteiger partial charge on any atom is 0.241 e. The van der Waals surface area contributed by atoms with Gasteiger partial charge in [-0.3, -0.25) is 4.57 Å². The molecular formula is C12H15ClN6. The Balaban J connectivity index is 1.93. The third-order valence-electron chi connectivity index (χ3n) is 3.55. The highest BCUT2D eigenvalue weighted by Crippen LogP contribution is 2.35. The number of nitrogens with zero attached hydrogens (tertiary/aromatic N) is 6. The van der Waals surface area contributed by atoms with Gasteiger partial charge in [-0.05, 0) is 37.3 Å². The molecule has 19 heavy (non-hydrogen) atoms. The molecule has 1 aliphatic rings. The van der Waals surface area contributed by atoms with Crippen molar-refractivity contribution < 1.29 is 0 Å². The smallest absolute Gasteiger partial charge is 0.241 e. The van der Waals surface area contributed by atoms with Crippen molar-refractivity contribution in [3.8, 4) is 5.95 Å². The van der Waals surface area contributed by atoms with Gasteiger partial charge in [-0.25, -0.2) is 4.98 Å². The van der Waals surface area contributed by atoms with E-state index in [2.05, 4.69) is 31.8 Å². The van der Waals surface area contributed by atoms with Gasteiger partial charge in [-0.15, -0.1) is 0 Å². The van der Waals surface area contributed by atoms with Crippen molar-refractivity contribution in [1.29, 1.82) is 0 Å². The fourth-order valence-corrected chi connectivity index (χ4v) is 2.21. The molecule has 0 spiro atoms. The molecule has 7 heteroatoms. The molecule has 2 aromatic heterocycles. The van der Waals surface area contributed by atoms with Crippen LogP contribution in [-0.4, -0.2) is 37.6 Å². The summed E-state index contributed by atoms with van der Waals surface area (Å²) in [6, 6.07) is 0.411. The Morgan fingerprint density at radius 1 is 1.37 bits per heavy atom. The summed E-state index contributed by atoms with van der Waals surface area (Å²) in [6.07, 6.45) is 7.64. The average Bonchev–Trinajstić information content (AvgIpc) is 3.11. The van der Waals surface area contributed by atoms with Crippen molar-refractivity contribution >= 4 is 17.5 Å². The first-order chi connectivity index (χ1) is 9.15. The zero-order chi connectivity index (χ0) is 13.4. The molecule has 1 unspecified atom stereocenters. The predicted molar refractivity (Wildman–Crippen MR) is 72.5 cm³/mol. The van der Waals surface area contributed by atoms with Crippen LogP contribution in [0.25, 0.3) is 5.95 Å². The second kappa shape index (κ2) is 4.77. The first-order valence-electron chi connectivity index (χ1n) is 6.28. The van der Waals surface area contributed by atoms with E-state index in [1.165, 1.54) is 12.8 Å². The van der Waals surface area contributed by atoms with E-state index in [1.54, 1.807) is 23.3 Å². The van der Waals surface area contributed by atoms with Crippen molar-refractivity contribution in [3.05, 3.63) is 24.0 Å². The van der Waals surface area contributed by atoms with E-state index >= 15 is 0 Å². The zero-order valence-electron chi connectivity index (χ0n) is 10.9. The van der Waals surface area contributed by atoms with Crippen molar-refractivity contribution in [2.75, 3.05) is 11.9 Å². The molecule has 0 N–H and O–H groups in total. The molecule has 0 radical (unpaired) electrons. The summed E-state index contributed by atoms with van der Waals surface area (Å²) in [6.45, 7) is 2.19. The molecule has 1 atom stereocenters. The van der Waals surface area contributed by atoms with Gasteiger partial charge in [-0.2, -0.15) is 15.0 Å². The molecule has 1 aliphatic carbocycles. The molecule has 6 nitrogen and oxygen atoms in total. The van der Waals surface area contributed by atoms with Crippen molar-refractivity contribution in [3.63, 3.8) is 0 Å². The SMILES string of the molecule is CC(C1CC1)N(C)c1nc(Cl)nc(-n2ccnc2)n1. The summed E-state index contributed by atoms with van der Waals surface area (Å²) >= 11 is 5.99. The molecular weight excluding hydrogens is 264 g/mol. The van der Waals surface area contributed by atoms with Crippen LogP contribution < -0.4 is 4.90 Å². The second-order valence-electron chi connectivity index (χ2n) is 4.86. The lowest BCUT2D eigenvalue weighted by atomic mass is 10.2. The summed E-state index contributed by atoms with van der Waals surface area (Å²) in [4.78, 5) is 18.8. The Bertz CT molecular complexity index is 566. The monoisotopic (exact) mass is 278 g/mol. The molecule has 0 aromatic carbocycles. The quantitative estimate of drug-likeness (QED) is 0.855. The summed E-state index contributed by atoms with van der Waals surface area (Å²) < 4.78 is 1.71. The minimum Gasteiger partial charge on any atom is -0.341 e. The van der Waals surface area contributed by atoms with Crippen LogP contribution in [0.1, 0.15) is 19.8 Å². The van der Waals surface area contributed by atoms with Crippen LogP contribution in [0.2, 0.25) is 5.28 Å². The van der Waals surface area contributed by atoms with Gasteiger partial charge in [0.2, 0.25) is 17.2 Å². The minimum atomic E-state index is 0.198. The van der Waals surface area contributed by atoms with Crippen LogP contribution in [-0.2, 0) is 0 Å². The Hall–Kier alpha value is -1.69. The van der Waals surface area contributed by atoms with E-state index in [-0.39, 0.29) is 5.28 Å². The number of halogens is 1. The summed E-state index contributed by atoms with van der Waals surface area (Å²) in [5.41, 5.74) is 0. The van der Waals surface area contributed by atoms with Gasteiger partial charge >= 0.3 is 0 Å². The molecule has 3 rings (SSSR count). The summed E-state index contributed by atoms with van der Waals surface area (Å²) in [5, 5.41) is 0.198. The third kappa shape index (κ3) is 2.53. The van der Waals surface area contributed by atoms with Gasteiger partial charge in [0, 0.05) is 25.5 Å². The molecule has 0 amide bonds.